The molecule has 4 heteroatoms. The van der Waals surface area contributed by atoms with Crippen molar-refractivity contribution in [2.45, 2.75) is 46.0 Å². The van der Waals surface area contributed by atoms with Gasteiger partial charge in [0.1, 0.15) is 0 Å². The van der Waals surface area contributed by atoms with Crippen molar-refractivity contribution in [3.05, 3.63) is 35.9 Å². The van der Waals surface area contributed by atoms with Crippen molar-refractivity contribution in [2.24, 2.45) is 0 Å². The molecule has 0 amide bonds. The Morgan fingerprint density at radius 1 is 1.05 bits per heavy atom. The molecule has 0 saturated carbocycles. The van der Waals surface area contributed by atoms with Crippen LogP contribution in [0, 0.1) is 0 Å². The molecule has 0 spiro atoms. The van der Waals surface area contributed by atoms with Gasteiger partial charge in [0.15, 0.2) is 5.78 Å². The molecule has 0 bridgehead atoms. The quantitative estimate of drug-likeness (QED) is 0.452. The van der Waals surface area contributed by atoms with E-state index in [1.54, 1.807) is 6.92 Å². The summed E-state index contributed by atoms with van der Waals surface area (Å²) in [5.41, 5.74) is 0.775. The number of ether oxygens (including phenoxy) is 1. The number of carbonyl (C=O) groups is 2. The van der Waals surface area contributed by atoms with Crippen molar-refractivity contribution in [3.63, 3.8) is 0 Å². The molecule has 112 valence electrons. The van der Waals surface area contributed by atoms with Crippen LogP contribution in [0.1, 0.15) is 56.3 Å². The third kappa shape index (κ3) is 11.3. The molecular weight excluding hydrogens is 256 g/mol. The van der Waals surface area contributed by atoms with Crippen LogP contribution in [-0.2, 0) is 4.74 Å². The van der Waals surface area contributed by atoms with E-state index in [1.807, 2.05) is 30.3 Å². The minimum absolute atomic E-state index is 0.121. The third-order valence-corrected chi connectivity index (χ3v) is 2.65. The molecule has 20 heavy (non-hydrogen) atoms. The fourth-order valence-corrected chi connectivity index (χ4v) is 1.54. The lowest BCUT2D eigenvalue weighted by Gasteiger charge is -1.99. The minimum Gasteiger partial charge on any atom is -0.450 e. The van der Waals surface area contributed by atoms with Crippen LogP contribution < -0.4 is 0 Å². The van der Waals surface area contributed by atoms with Crippen LogP contribution in [0.2, 0.25) is 0 Å². The van der Waals surface area contributed by atoms with E-state index in [1.165, 1.54) is 19.3 Å². The summed E-state index contributed by atoms with van der Waals surface area (Å²) >= 11 is 0. The predicted molar refractivity (Wildman–Crippen MR) is 79.2 cm³/mol. The van der Waals surface area contributed by atoms with Crippen LogP contribution in [-0.4, -0.2) is 23.7 Å². The number of hydrogen-bond acceptors (Lipinski definition) is 3. The molecular formula is C16H24O4. The van der Waals surface area contributed by atoms with E-state index in [0.29, 0.717) is 6.61 Å². The van der Waals surface area contributed by atoms with E-state index >= 15 is 0 Å². The number of carboxylic acid groups (broad SMARTS) is 1. The molecule has 0 aliphatic heterocycles. The molecule has 0 aromatic heterocycles. The standard InChI is InChI=1S/C8H16O3.C8H8O/c1-2-3-4-5-6-7-11-8(9)10;1-7(9)8-5-3-2-4-6-8/h2-7H2,1H3,(H,9,10);2-6H,1H3. The Hall–Kier alpha value is -1.84. The van der Waals surface area contributed by atoms with Crippen LogP contribution in [0.25, 0.3) is 0 Å². The molecule has 1 aromatic carbocycles. The second-order valence-electron chi connectivity index (χ2n) is 4.45. The number of ketones is 1. The summed E-state index contributed by atoms with van der Waals surface area (Å²) in [6.07, 6.45) is 4.38. The van der Waals surface area contributed by atoms with Crippen molar-refractivity contribution >= 4 is 11.9 Å². The van der Waals surface area contributed by atoms with E-state index in [2.05, 4.69) is 11.7 Å². The van der Waals surface area contributed by atoms with Crippen LogP contribution in [0.15, 0.2) is 30.3 Å². The maximum absolute atomic E-state index is 10.6. The number of rotatable bonds is 7. The zero-order valence-corrected chi connectivity index (χ0v) is 12.3. The number of Topliss-reactive ketones (excluding diaryl/α,β-unsaturated/α-hetero) is 1. The average Bonchev–Trinajstić information content (AvgIpc) is 2.44. The minimum atomic E-state index is -1.17. The number of benzene rings is 1. The molecule has 0 saturated heterocycles. The van der Waals surface area contributed by atoms with E-state index < -0.39 is 6.16 Å². The zero-order valence-electron chi connectivity index (χ0n) is 12.3. The highest BCUT2D eigenvalue weighted by Gasteiger charge is 1.94. The number of unbranched alkanes of at least 4 members (excludes halogenated alkanes) is 4. The smallest absolute Gasteiger partial charge is 0.450 e. The summed E-state index contributed by atoms with van der Waals surface area (Å²) in [6, 6.07) is 9.23. The molecule has 0 atom stereocenters. The lowest BCUT2D eigenvalue weighted by molar-refractivity contribution is 0.0899. The van der Waals surface area contributed by atoms with Gasteiger partial charge >= 0.3 is 6.16 Å². The number of carbonyl (C=O) groups excluding carboxylic acids is 1. The van der Waals surface area contributed by atoms with Gasteiger partial charge < -0.3 is 9.84 Å². The first kappa shape index (κ1) is 18.2. The summed E-state index contributed by atoms with van der Waals surface area (Å²) in [5, 5.41) is 8.09. The van der Waals surface area contributed by atoms with Gasteiger partial charge in [-0.1, -0.05) is 62.9 Å². The van der Waals surface area contributed by atoms with E-state index in [9.17, 15) is 9.59 Å². The van der Waals surface area contributed by atoms with Gasteiger partial charge in [0, 0.05) is 5.56 Å². The Labute approximate surface area is 120 Å². The monoisotopic (exact) mass is 280 g/mol. The summed E-state index contributed by atoms with van der Waals surface area (Å²) in [4.78, 5) is 20.5. The topological polar surface area (TPSA) is 63.6 Å². The Bertz CT molecular complexity index is 373. The molecule has 1 N–H and O–H groups in total. The van der Waals surface area contributed by atoms with Gasteiger partial charge in [0.25, 0.3) is 0 Å². The summed E-state index contributed by atoms with van der Waals surface area (Å²) in [6.45, 7) is 4.06. The van der Waals surface area contributed by atoms with Crippen LogP contribution in [0.5, 0.6) is 0 Å². The maximum atomic E-state index is 10.6. The van der Waals surface area contributed by atoms with Gasteiger partial charge in [-0.3, -0.25) is 4.79 Å². The second-order valence-corrected chi connectivity index (χ2v) is 4.45. The number of hydrogen-bond donors (Lipinski definition) is 1. The van der Waals surface area contributed by atoms with Crippen LogP contribution in [0.3, 0.4) is 0 Å². The molecule has 1 aromatic rings. The normalized spacial score (nSPS) is 9.30. The lowest BCUT2D eigenvalue weighted by Crippen LogP contribution is -2.01. The van der Waals surface area contributed by atoms with Crippen molar-refractivity contribution in [2.75, 3.05) is 6.61 Å². The molecule has 4 nitrogen and oxygen atoms in total. The van der Waals surface area contributed by atoms with Crippen molar-refractivity contribution in [3.8, 4) is 0 Å². The summed E-state index contributed by atoms with van der Waals surface area (Å²) < 4.78 is 4.34. The first-order valence-electron chi connectivity index (χ1n) is 6.99. The van der Waals surface area contributed by atoms with E-state index in [0.717, 1.165) is 18.4 Å². The van der Waals surface area contributed by atoms with Crippen LogP contribution >= 0.6 is 0 Å². The van der Waals surface area contributed by atoms with Crippen molar-refractivity contribution < 1.29 is 19.4 Å². The first-order valence-corrected chi connectivity index (χ1v) is 6.99. The van der Waals surface area contributed by atoms with Crippen LogP contribution in [0.4, 0.5) is 4.79 Å². The average molecular weight is 280 g/mol. The first-order chi connectivity index (χ1) is 9.57. The van der Waals surface area contributed by atoms with Gasteiger partial charge in [0.2, 0.25) is 0 Å². The highest BCUT2D eigenvalue weighted by molar-refractivity contribution is 5.93. The highest BCUT2D eigenvalue weighted by atomic mass is 16.7. The molecule has 0 aliphatic rings. The third-order valence-electron chi connectivity index (χ3n) is 2.65. The van der Waals surface area contributed by atoms with Gasteiger partial charge in [-0.2, -0.15) is 0 Å². The van der Waals surface area contributed by atoms with E-state index in [-0.39, 0.29) is 5.78 Å². The molecule has 0 radical (unpaired) electrons. The SMILES string of the molecule is CC(=O)c1ccccc1.CCCCCCCOC(=O)O. The molecule has 0 unspecified atom stereocenters. The van der Waals surface area contributed by atoms with E-state index in [4.69, 9.17) is 5.11 Å². The second kappa shape index (κ2) is 12.2. The molecule has 0 aliphatic carbocycles. The Morgan fingerprint density at radius 2 is 1.65 bits per heavy atom. The molecule has 0 fully saturated rings. The summed E-state index contributed by atoms with van der Waals surface area (Å²) in [5.74, 6) is 0.121. The van der Waals surface area contributed by atoms with Gasteiger partial charge in [-0.05, 0) is 13.3 Å². The fraction of sp³-hybridized carbons (Fsp3) is 0.500. The maximum Gasteiger partial charge on any atom is 0.505 e. The molecule has 0 heterocycles. The van der Waals surface area contributed by atoms with Gasteiger partial charge in [0.05, 0.1) is 6.61 Å². The zero-order chi connectivity index (χ0) is 15.2. The Kier molecular flexibility index (Phi) is 11.1. The predicted octanol–water partition coefficient (Wildman–Crippen LogP) is 4.54. The Balaban J connectivity index is 0.000000367. The van der Waals surface area contributed by atoms with Crippen molar-refractivity contribution in [1.29, 1.82) is 0 Å². The Morgan fingerprint density at radius 3 is 2.10 bits per heavy atom. The summed E-state index contributed by atoms with van der Waals surface area (Å²) in [7, 11) is 0. The molecule has 1 rings (SSSR count). The highest BCUT2D eigenvalue weighted by Crippen LogP contribution is 2.02. The fourth-order valence-electron chi connectivity index (χ4n) is 1.54. The van der Waals surface area contributed by atoms with Crippen molar-refractivity contribution in [1.82, 2.24) is 0 Å². The lowest BCUT2D eigenvalue weighted by atomic mass is 10.2. The largest absolute Gasteiger partial charge is 0.505 e. The van der Waals surface area contributed by atoms with Gasteiger partial charge in [-0.15, -0.1) is 0 Å². The van der Waals surface area contributed by atoms with Gasteiger partial charge in [-0.25, -0.2) is 4.79 Å².